The fourth-order valence-electron chi connectivity index (χ4n) is 7.82. The zero-order valence-electron chi connectivity index (χ0n) is 29.6. The van der Waals surface area contributed by atoms with Gasteiger partial charge in [0.1, 0.15) is 12.2 Å². The van der Waals surface area contributed by atoms with E-state index < -0.39 is 17.8 Å². The van der Waals surface area contributed by atoms with Gasteiger partial charge in [-0.05, 0) is 95.6 Å². The molecule has 1 fully saturated rings. The van der Waals surface area contributed by atoms with Gasteiger partial charge in [0.25, 0.3) is 11.8 Å². The van der Waals surface area contributed by atoms with Gasteiger partial charge in [-0.3, -0.25) is 14.9 Å². The first kappa shape index (κ1) is 35.5. The second kappa shape index (κ2) is 15.0. The van der Waals surface area contributed by atoms with Crippen LogP contribution in [0.25, 0.3) is 6.08 Å². The normalized spacial score (nSPS) is 18.7. The summed E-state index contributed by atoms with van der Waals surface area (Å²) in [7, 11) is 0. The standard InChI is InChI=1S/C44H37Cl2N3O5/c1-2-53-40-23-27(14-16-39(40)54-26-28-13-15-37(45)38(46)22-28)21-36-42(50)47-44(52)49(43(36)51)31-24-34-32(29-9-5-3-6-10-29)17-19-48-20-18-33(35(25-31)41(34)48)30-11-7-4-8-12-30/h3-16,21-25,32-33H,2,17-20,26H2,1H3,(H,47,50,52)/b36-21+/t32-,33+. The third kappa shape index (κ3) is 6.83. The molecule has 2 atom stereocenters. The van der Waals surface area contributed by atoms with Crippen LogP contribution in [-0.2, 0) is 16.2 Å². The van der Waals surface area contributed by atoms with E-state index in [1.807, 2.05) is 61.5 Å². The number of nitrogens with one attached hydrogen (secondary N) is 1. The Morgan fingerprint density at radius 2 is 1.39 bits per heavy atom. The summed E-state index contributed by atoms with van der Waals surface area (Å²) in [5.41, 5.74) is 7.27. The van der Waals surface area contributed by atoms with Crippen molar-refractivity contribution in [2.75, 3.05) is 29.5 Å². The minimum absolute atomic E-state index is 0.0691. The molecule has 0 bridgehead atoms. The van der Waals surface area contributed by atoms with Gasteiger partial charge in [-0.1, -0.05) is 96.0 Å². The molecule has 1 N–H and O–H groups in total. The van der Waals surface area contributed by atoms with Gasteiger partial charge < -0.3 is 14.4 Å². The Balaban J connectivity index is 1.17. The Labute approximate surface area is 323 Å². The molecule has 0 unspecified atom stereocenters. The van der Waals surface area contributed by atoms with E-state index in [-0.39, 0.29) is 24.0 Å². The molecule has 0 saturated carbocycles. The van der Waals surface area contributed by atoms with Crippen LogP contribution in [0.5, 0.6) is 11.5 Å². The number of imide groups is 2. The van der Waals surface area contributed by atoms with E-state index in [1.54, 1.807) is 30.3 Å². The van der Waals surface area contributed by atoms with E-state index in [0.29, 0.717) is 39.4 Å². The van der Waals surface area contributed by atoms with Gasteiger partial charge in [-0.25, -0.2) is 9.69 Å². The van der Waals surface area contributed by atoms with Crippen molar-refractivity contribution < 1.29 is 23.9 Å². The van der Waals surface area contributed by atoms with Crippen LogP contribution >= 0.6 is 23.2 Å². The number of anilines is 2. The molecule has 0 aliphatic carbocycles. The number of rotatable bonds is 9. The van der Waals surface area contributed by atoms with E-state index in [9.17, 15) is 14.4 Å². The number of carbonyl (C=O) groups is 3. The number of carbonyl (C=O) groups excluding carboxylic acids is 3. The van der Waals surface area contributed by atoms with Crippen LogP contribution in [0, 0.1) is 0 Å². The molecule has 3 heterocycles. The molecule has 0 aromatic heterocycles. The summed E-state index contributed by atoms with van der Waals surface area (Å²) in [6.07, 6.45) is 3.27. The number of urea groups is 1. The number of halogens is 2. The van der Waals surface area contributed by atoms with Crippen LogP contribution in [0.3, 0.4) is 0 Å². The maximum atomic E-state index is 14.4. The third-order valence-corrected chi connectivity index (χ3v) is 11.1. The van der Waals surface area contributed by atoms with E-state index in [1.165, 1.54) is 22.9 Å². The van der Waals surface area contributed by atoms with Crippen molar-refractivity contribution in [1.82, 2.24) is 5.32 Å². The fraction of sp³-hybridized carbons (Fsp3) is 0.205. The third-order valence-electron chi connectivity index (χ3n) is 10.3. The fourth-order valence-corrected chi connectivity index (χ4v) is 8.14. The Bertz CT molecular complexity index is 2220. The van der Waals surface area contributed by atoms with Crippen LogP contribution in [0.4, 0.5) is 16.2 Å². The van der Waals surface area contributed by atoms with E-state index >= 15 is 0 Å². The molecule has 4 amide bonds. The van der Waals surface area contributed by atoms with Gasteiger partial charge >= 0.3 is 6.03 Å². The van der Waals surface area contributed by atoms with Crippen molar-refractivity contribution >= 4 is 58.5 Å². The summed E-state index contributed by atoms with van der Waals surface area (Å²) in [4.78, 5) is 44.9. The molecule has 1 saturated heterocycles. The average molecular weight is 759 g/mol. The molecule has 0 radical (unpaired) electrons. The summed E-state index contributed by atoms with van der Waals surface area (Å²) in [5.74, 6) is -0.432. The summed E-state index contributed by atoms with van der Waals surface area (Å²) in [6, 6.07) is 34.3. The number of nitrogens with zero attached hydrogens (tertiary/aromatic N) is 2. The van der Waals surface area contributed by atoms with Crippen LogP contribution in [0.15, 0.2) is 115 Å². The number of hydrogen-bond donors (Lipinski definition) is 1. The molecule has 8 rings (SSSR count). The molecule has 10 heteroatoms. The van der Waals surface area contributed by atoms with Crippen molar-refractivity contribution in [3.05, 3.63) is 158 Å². The van der Waals surface area contributed by atoms with Crippen molar-refractivity contribution in [1.29, 1.82) is 0 Å². The molecular formula is C44H37Cl2N3O5. The first-order valence-electron chi connectivity index (χ1n) is 18.1. The second-order valence-corrected chi connectivity index (χ2v) is 14.4. The minimum Gasteiger partial charge on any atom is -0.490 e. The van der Waals surface area contributed by atoms with E-state index in [0.717, 1.165) is 47.5 Å². The lowest BCUT2D eigenvalue weighted by Gasteiger charge is -2.44. The van der Waals surface area contributed by atoms with Crippen molar-refractivity contribution in [3.8, 4) is 11.5 Å². The van der Waals surface area contributed by atoms with Gasteiger partial charge in [0.05, 0.1) is 22.3 Å². The monoisotopic (exact) mass is 757 g/mol. The predicted octanol–water partition coefficient (Wildman–Crippen LogP) is 9.52. The summed E-state index contributed by atoms with van der Waals surface area (Å²) in [6.45, 7) is 4.25. The molecule has 3 aliphatic heterocycles. The average Bonchev–Trinajstić information content (AvgIpc) is 3.18. The van der Waals surface area contributed by atoms with Gasteiger partial charge in [-0.2, -0.15) is 0 Å². The quantitative estimate of drug-likeness (QED) is 0.119. The first-order valence-corrected chi connectivity index (χ1v) is 18.8. The number of benzene rings is 5. The van der Waals surface area contributed by atoms with Crippen LogP contribution in [-0.4, -0.2) is 37.5 Å². The smallest absolute Gasteiger partial charge is 0.335 e. The molecule has 5 aromatic carbocycles. The molecule has 5 aromatic rings. The summed E-state index contributed by atoms with van der Waals surface area (Å²) in [5, 5.41) is 3.31. The zero-order valence-corrected chi connectivity index (χ0v) is 31.1. The van der Waals surface area contributed by atoms with Gasteiger partial charge in [0.15, 0.2) is 11.5 Å². The lowest BCUT2D eigenvalue weighted by molar-refractivity contribution is -0.122. The Morgan fingerprint density at radius 1 is 0.741 bits per heavy atom. The molecule has 0 spiro atoms. The minimum atomic E-state index is -0.786. The zero-order chi connectivity index (χ0) is 37.3. The summed E-state index contributed by atoms with van der Waals surface area (Å²) >= 11 is 12.3. The first-order chi connectivity index (χ1) is 26.3. The highest BCUT2D eigenvalue weighted by Gasteiger charge is 2.40. The molecule has 54 heavy (non-hydrogen) atoms. The maximum absolute atomic E-state index is 14.4. The van der Waals surface area contributed by atoms with Crippen LogP contribution in [0.2, 0.25) is 10.0 Å². The Hall–Kier alpha value is -5.57. The lowest BCUT2D eigenvalue weighted by Crippen LogP contribution is -2.54. The highest BCUT2D eigenvalue weighted by Crippen LogP contribution is 2.50. The van der Waals surface area contributed by atoms with Crippen molar-refractivity contribution in [2.24, 2.45) is 0 Å². The Morgan fingerprint density at radius 3 is 2.00 bits per heavy atom. The van der Waals surface area contributed by atoms with Crippen molar-refractivity contribution in [3.63, 3.8) is 0 Å². The highest BCUT2D eigenvalue weighted by atomic mass is 35.5. The van der Waals surface area contributed by atoms with Gasteiger partial charge in [0, 0.05) is 30.6 Å². The maximum Gasteiger partial charge on any atom is 0.335 e. The number of amides is 4. The van der Waals surface area contributed by atoms with E-state index in [4.69, 9.17) is 32.7 Å². The van der Waals surface area contributed by atoms with Crippen LogP contribution in [0.1, 0.15) is 65.0 Å². The van der Waals surface area contributed by atoms with Gasteiger partial charge in [0.2, 0.25) is 0 Å². The van der Waals surface area contributed by atoms with Crippen molar-refractivity contribution in [2.45, 2.75) is 38.2 Å². The number of ether oxygens (including phenoxy) is 2. The molecule has 8 nitrogen and oxygen atoms in total. The number of barbiturate groups is 1. The van der Waals surface area contributed by atoms with Gasteiger partial charge in [-0.15, -0.1) is 0 Å². The molecular weight excluding hydrogens is 721 g/mol. The summed E-state index contributed by atoms with van der Waals surface area (Å²) < 4.78 is 11.9. The largest absolute Gasteiger partial charge is 0.490 e. The van der Waals surface area contributed by atoms with E-state index in [2.05, 4.69) is 34.5 Å². The second-order valence-electron chi connectivity index (χ2n) is 13.6. The SMILES string of the molecule is CCOc1cc(/C=C2\C(=O)NC(=O)N(c3cc4c5c(c3)[C@H](c3ccccc3)CCN5CC[C@@H]4c3ccccc3)C2=O)ccc1OCc1ccc(Cl)c(Cl)c1. The number of hydrogen-bond acceptors (Lipinski definition) is 6. The lowest BCUT2D eigenvalue weighted by atomic mass is 9.76. The predicted molar refractivity (Wildman–Crippen MR) is 212 cm³/mol. The van der Waals surface area contributed by atoms with Crippen LogP contribution < -0.4 is 24.6 Å². The molecule has 272 valence electrons. The molecule has 3 aliphatic rings. The topological polar surface area (TPSA) is 88.2 Å². The highest BCUT2D eigenvalue weighted by molar-refractivity contribution is 6.42. The Kier molecular flexibility index (Phi) is 9.88.